The highest BCUT2D eigenvalue weighted by molar-refractivity contribution is 6.34. The van der Waals surface area contributed by atoms with Gasteiger partial charge in [-0.1, -0.05) is 23.7 Å². The maximum absolute atomic E-state index is 12.6. The molecule has 3 aromatic rings. The zero-order valence-electron chi connectivity index (χ0n) is 14.3. The van der Waals surface area contributed by atoms with Crippen molar-refractivity contribution >= 4 is 34.7 Å². The molecule has 1 aromatic heterocycles. The van der Waals surface area contributed by atoms with E-state index >= 15 is 0 Å². The number of carbonyl (C=O) groups is 1. The Morgan fingerprint density at radius 3 is 2.52 bits per heavy atom. The average molecular weight is 413 g/mol. The second-order valence-electron chi connectivity index (χ2n) is 5.55. The summed E-state index contributed by atoms with van der Waals surface area (Å²) in [6.07, 6.45) is 1.10. The van der Waals surface area contributed by atoms with Crippen molar-refractivity contribution in [1.29, 1.82) is 5.26 Å². The zero-order valence-corrected chi connectivity index (χ0v) is 15.0. The van der Waals surface area contributed by atoms with Gasteiger partial charge in [-0.25, -0.2) is 4.68 Å². The monoisotopic (exact) mass is 412 g/mol. The van der Waals surface area contributed by atoms with Crippen LogP contribution in [0.1, 0.15) is 15.9 Å². The molecule has 144 valence electrons. The number of aromatic nitrogens is 2. The van der Waals surface area contributed by atoms with Crippen molar-refractivity contribution in [3.63, 3.8) is 0 Å². The molecule has 11 nitrogen and oxygen atoms in total. The van der Waals surface area contributed by atoms with Crippen LogP contribution in [0.25, 0.3) is 5.69 Å². The molecule has 1 N–H and O–H groups in total. The number of nitro groups is 2. The van der Waals surface area contributed by atoms with Crippen LogP contribution in [0.4, 0.5) is 17.2 Å². The fraction of sp³-hybridized carbons (Fsp3) is 0. The van der Waals surface area contributed by atoms with Gasteiger partial charge < -0.3 is 5.32 Å². The molecule has 0 unspecified atom stereocenters. The molecule has 0 aliphatic rings. The van der Waals surface area contributed by atoms with E-state index in [-0.39, 0.29) is 27.7 Å². The average Bonchev–Trinajstić information content (AvgIpc) is 3.09. The van der Waals surface area contributed by atoms with E-state index in [0.29, 0.717) is 0 Å². The Labute approximate surface area is 167 Å². The quantitative estimate of drug-likeness (QED) is 0.496. The lowest BCUT2D eigenvalue weighted by molar-refractivity contribution is -0.394. The Bertz CT molecular complexity index is 1200. The molecular weight excluding hydrogens is 404 g/mol. The molecule has 0 saturated heterocycles. The van der Waals surface area contributed by atoms with Crippen LogP contribution in [-0.4, -0.2) is 25.5 Å². The van der Waals surface area contributed by atoms with Crippen LogP contribution in [0.2, 0.25) is 5.02 Å². The van der Waals surface area contributed by atoms with E-state index < -0.39 is 27.1 Å². The van der Waals surface area contributed by atoms with Crippen LogP contribution in [0.5, 0.6) is 0 Å². The van der Waals surface area contributed by atoms with E-state index in [1.807, 2.05) is 6.07 Å². The van der Waals surface area contributed by atoms with Gasteiger partial charge in [0.05, 0.1) is 32.7 Å². The van der Waals surface area contributed by atoms with Gasteiger partial charge in [0.25, 0.3) is 11.6 Å². The number of nitrogens with one attached hydrogen (secondary N) is 1. The third-order valence-corrected chi connectivity index (χ3v) is 4.16. The molecule has 1 amide bonds. The largest absolute Gasteiger partial charge is 0.305 e. The molecular formula is C17H9ClN6O5. The number of halogens is 1. The topological polar surface area (TPSA) is 157 Å². The molecule has 0 radical (unpaired) electrons. The minimum atomic E-state index is -0.824. The summed E-state index contributed by atoms with van der Waals surface area (Å²) in [5.74, 6) is -0.812. The minimum Gasteiger partial charge on any atom is -0.305 e. The second kappa shape index (κ2) is 7.75. The number of rotatable bonds is 5. The van der Waals surface area contributed by atoms with E-state index in [1.165, 1.54) is 12.1 Å². The normalized spacial score (nSPS) is 10.2. The van der Waals surface area contributed by atoms with Crippen molar-refractivity contribution < 1.29 is 14.6 Å². The molecule has 29 heavy (non-hydrogen) atoms. The summed E-state index contributed by atoms with van der Waals surface area (Å²) >= 11 is 6.00. The number of nitriles is 1. The molecule has 12 heteroatoms. The third-order valence-electron chi connectivity index (χ3n) is 3.83. The maximum Gasteiger partial charge on any atom is 0.301 e. The van der Waals surface area contributed by atoms with E-state index in [9.17, 15) is 30.3 Å². The molecule has 0 fully saturated rings. The zero-order chi connectivity index (χ0) is 21.1. The minimum absolute atomic E-state index is 0.0712. The molecule has 0 bridgehead atoms. The summed E-state index contributed by atoms with van der Waals surface area (Å²) in [5, 5.41) is 38.2. The van der Waals surface area contributed by atoms with Crippen LogP contribution < -0.4 is 5.32 Å². The molecule has 0 aliphatic carbocycles. The number of benzene rings is 2. The van der Waals surface area contributed by atoms with E-state index in [1.54, 1.807) is 12.1 Å². The summed E-state index contributed by atoms with van der Waals surface area (Å²) in [4.78, 5) is 33.3. The van der Waals surface area contributed by atoms with Crippen LogP contribution >= 0.6 is 11.6 Å². The van der Waals surface area contributed by atoms with Crippen molar-refractivity contribution in [2.75, 3.05) is 5.32 Å². The Morgan fingerprint density at radius 2 is 1.90 bits per heavy atom. The maximum atomic E-state index is 12.6. The van der Waals surface area contributed by atoms with Crippen LogP contribution in [-0.2, 0) is 0 Å². The fourth-order valence-corrected chi connectivity index (χ4v) is 2.73. The van der Waals surface area contributed by atoms with Crippen LogP contribution in [0.15, 0.2) is 48.7 Å². The van der Waals surface area contributed by atoms with Gasteiger partial charge in [0.2, 0.25) is 0 Å². The first-order valence-electron chi connectivity index (χ1n) is 7.80. The van der Waals surface area contributed by atoms with Crippen LogP contribution in [0, 0.1) is 31.6 Å². The summed E-state index contributed by atoms with van der Waals surface area (Å²) in [6.45, 7) is 0. The van der Waals surface area contributed by atoms with E-state index in [2.05, 4.69) is 10.4 Å². The Balaban J connectivity index is 2.12. The standard InChI is InChI=1S/C17H9ClN6O5/c18-13-4-2-1-3-12(13)17(25)21-16-10(8-19)9-20-22(16)14-6-5-11(23(26)27)7-15(14)24(28)29/h1-7,9H,(H,21,25). The first-order chi connectivity index (χ1) is 13.8. The number of carbonyl (C=O) groups excluding carboxylic acids is 1. The highest BCUT2D eigenvalue weighted by Gasteiger charge is 2.25. The summed E-state index contributed by atoms with van der Waals surface area (Å²) < 4.78 is 0.954. The number of nitro benzene ring substituents is 2. The molecule has 0 aliphatic heterocycles. The SMILES string of the molecule is N#Cc1cnn(-c2ccc([N+](=O)[O-])cc2[N+](=O)[O-])c1NC(=O)c1ccccc1Cl. The molecule has 3 rings (SSSR count). The van der Waals surface area contributed by atoms with Gasteiger partial charge in [0.15, 0.2) is 5.82 Å². The number of nitrogens with zero attached hydrogens (tertiary/aromatic N) is 5. The van der Waals surface area contributed by atoms with Gasteiger partial charge in [-0.05, 0) is 18.2 Å². The van der Waals surface area contributed by atoms with Crippen molar-refractivity contribution in [3.8, 4) is 11.8 Å². The Kier molecular flexibility index (Phi) is 5.20. The van der Waals surface area contributed by atoms with Crippen molar-refractivity contribution in [2.45, 2.75) is 0 Å². The van der Waals surface area contributed by atoms with E-state index in [4.69, 9.17) is 11.6 Å². The molecule has 0 atom stereocenters. The van der Waals surface area contributed by atoms with Gasteiger partial charge in [0, 0.05) is 6.07 Å². The number of non-ortho nitro benzene ring substituents is 1. The first-order valence-corrected chi connectivity index (χ1v) is 8.18. The summed E-state index contributed by atoms with van der Waals surface area (Å²) in [7, 11) is 0. The van der Waals surface area contributed by atoms with E-state index in [0.717, 1.165) is 29.1 Å². The van der Waals surface area contributed by atoms with Gasteiger partial charge in [-0.3, -0.25) is 25.0 Å². The lowest BCUT2D eigenvalue weighted by Gasteiger charge is -2.10. The smallest absolute Gasteiger partial charge is 0.301 e. The second-order valence-corrected chi connectivity index (χ2v) is 5.96. The molecule has 1 heterocycles. The molecule has 0 saturated carbocycles. The van der Waals surface area contributed by atoms with Gasteiger partial charge in [0.1, 0.15) is 17.3 Å². The number of amides is 1. The number of hydrogen-bond acceptors (Lipinski definition) is 7. The Hall–Kier alpha value is -4.30. The summed E-state index contributed by atoms with van der Waals surface area (Å²) in [5.41, 5.74) is -1.24. The molecule has 2 aromatic carbocycles. The van der Waals surface area contributed by atoms with Gasteiger partial charge >= 0.3 is 5.69 Å². The number of anilines is 1. The van der Waals surface area contributed by atoms with Crippen molar-refractivity contribution in [1.82, 2.24) is 9.78 Å². The molecule has 0 spiro atoms. The van der Waals surface area contributed by atoms with Gasteiger partial charge in [-0.2, -0.15) is 10.4 Å². The predicted molar refractivity (Wildman–Crippen MR) is 101 cm³/mol. The highest BCUT2D eigenvalue weighted by atomic mass is 35.5. The van der Waals surface area contributed by atoms with Crippen LogP contribution in [0.3, 0.4) is 0 Å². The highest BCUT2D eigenvalue weighted by Crippen LogP contribution is 2.31. The summed E-state index contributed by atoms with van der Waals surface area (Å²) in [6, 6.07) is 10.9. The Morgan fingerprint density at radius 1 is 1.17 bits per heavy atom. The first kappa shape index (κ1) is 19.5. The van der Waals surface area contributed by atoms with Crippen molar-refractivity contribution in [2.24, 2.45) is 0 Å². The van der Waals surface area contributed by atoms with Gasteiger partial charge in [-0.15, -0.1) is 0 Å². The third kappa shape index (κ3) is 3.73. The fourth-order valence-electron chi connectivity index (χ4n) is 2.50. The lowest BCUT2D eigenvalue weighted by atomic mass is 10.2. The predicted octanol–water partition coefficient (Wildman–Crippen LogP) is 3.47. The lowest BCUT2D eigenvalue weighted by Crippen LogP contribution is -2.17. The number of hydrogen-bond donors (Lipinski definition) is 1. The van der Waals surface area contributed by atoms with Crippen molar-refractivity contribution in [3.05, 3.63) is 85.0 Å².